The van der Waals surface area contributed by atoms with Crippen LogP contribution in [0.2, 0.25) is 15.1 Å². The van der Waals surface area contributed by atoms with Crippen LogP contribution in [0.25, 0.3) is 6.08 Å². The summed E-state index contributed by atoms with van der Waals surface area (Å²) in [5.74, 6) is -1.62. The van der Waals surface area contributed by atoms with Gasteiger partial charge in [0, 0.05) is 0 Å². The van der Waals surface area contributed by atoms with Crippen molar-refractivity contribution in [2.75, 3.05) is 23.4 Å². The minimum Gasteiger partial charge on any atom is -0.494 e. The van der Waals surface area contributed by atoms with Crippen molar-refractivity contribution >= 4 is 76.0 Å². The van der Waals surface area contributed by atoms with Gasteiger partial charge in [0.15, 0.2) is 12.4 Å². The summed E-state index contributed by atoms with van der Waals surface area (Å²) in [5.41, 5.74) is 0.634. The predicted molar refractivity (Wildman–Crippen MR) is 149 cm³/mol. The normalized spacial score (nSPS) is 14.3. The summed E-state index contributed by atoms with van der Waals surface area (Å²) in [6, 6.07) is 14.9. The van der Waals surface area contributed by atoms with Gasteiger partial charge < -0.3 is 14.8 Å². The molecule has 1 aliphatic rings. The van der Waals surface area contributed by atoms with E-state index in [2.05, 4.69) is 10.6 Å². The molecule has 1 saturated heterocycles. The molecule has 39 heavy (non-hydrogen) atoms. The number of hydrogen-bond donors (Lipinski definition) is 2. The Balaban J connectivity index is 1.51. The summed E-state index contributed by atoms with van der Waals surface area (Å²) in [4.78, 5) is 51.2. The van der Waals surface area contributed by atoms with Gasteiger partial charge in [-0.25, -0.2) is 9.69 Å². The fraction of sp³-hybridized carbons (Fsp3) is 0.111. The molecular formula is C27H20Cl3N3O6. The number of amides is 5. The van der Waals surface area contributed by atoms with Crippen LogP contribution in [0.3, 0.4) is 0 Å². The van der Waals surface area contributed by atoms with Crippen LogP contribution in [0.15, 0.2) is 66.2 Å². The van der Waals surface area contributed by atoms with Crippen LogP contribution in [-0.4, -0.2) is 37.0 Å². The first kappa shape index (κ1) is 28.0. The minimum absolute atomic E-state index is 0.0282. The van der Waals surface area contributed by atoms with Gasteiger partial charge >= 0.3 is 6.03 Å². The van der Waals surface area contributed by atoms with Gasteiger partial charge in [0.05, 0.1) is 33.0 Å². The molecule has 0 radical (unpaired) electrons. The molecule has 3 aromatic carbocycles. The second-order valence-corrected chi connectivity index (χ2v) is 9.24. The van der Waals surface area contributed by atoms with Crippen LogP contribution < -0.4 is 25.0 Å². The highest BCUT2D eigenvalue weighted by atomic mass is 35.5. The molecule has 1 fully saturated rings. The second-order valence-electron chi connectivity index (χ2n) is 8.02. The van der Waals surface area contributed by atoms with Crippen molar-refractivity contribution in [1.82, 2.24) is 5.32 Å². The van der Waals surface area contributed by atoms with Gasteiger partial charge in [-0.05, 0) is 67.1 Å². The lowest BCUT2D eigenvalue weighted by molar-refractivity contribution is -0.122. The summed E-state index contributed by atoms with van der Waals surface area (Å²) < 4.78 is 10.9. The van der Waals surface area contributed by atoms with Gasteiger partial charge in [-0.3, -0.25) is 19.7 Å². The van der Waals surface area contributed by atoms with E-state index in [-0.39, 0.29) is 32.6 Å². The number of halogens is 3. The van der Waals surface area contributed by atoms with E-state index in [0.717, 1.165) is 4.90 Å². The van der Waals surface area contributed by atoms with Crippen LogP contribution in [0.4, 0.5) is 16.2 Å². The van der Waals surface area contributed by atoms with Gasteiger partial charge in [-0.15, -0.1) is 0 Å². The van der Waals surface area contributed by atoms with Gasteiger partial charge in [-0.1, -0.05) is 46.9 Å². The summed E-state index contributed by atoms with van der Waals surface area (Å²) in [6.45, 7) is 1.87. The predicted octanol–water partition coefficient (Wildman–Crippen LogP) is 5.73. The van der Waals surface area contributed by atoms with Gasteiger partial charge in [-0.2, -0.15) is 0 Å². The molecule has 0 spiro atoms. The largest absolute Gasteiger partial charge is 0.494 e. The zero-order valence-corrected chi connectivity index (χ0v) is 22.6. The molecule has 9 nitrogen and oxygen atoms in total. The number of nitrogens with zero attached hydrogens (tertiary/aromatic N) is 1. The number of ether oxygens (including phenoxy) is 2. The van der Waals surface area contributed by atoms with E-state index in [9.17, 15) is 19.2 Å². The lowest BCUT2D eigenvalue weighted by atomic mass is 10.1. The fourth-order valence-corrected chi connectivity index (χ4v) is 4.40. The van der Waals surface area contributed by atoms with E-state index in [4.69, 9.17) is 44.3 Å². The average molecular weight is 589 g/mol. The van der Waals surface area contributed by atoms with Gasteiger partial charge in [0.2, 0.25) is 0 Å². The summed E-state index contributed by atoms with van der Waals surface area (Å²) >= 11 is 18.7. The number of nitrogens with one attached hydrogen (secondary N) is 2. The molecule has 2 N–H and O–H groups in total. The standard InChI is InChI=1S/C27H20Cl3N3O6/c1-2-38-17-9-7-16(8-10-17)33-26(36)18(25(35)32-27(33)37)11-15-12-20(29)24(21(30)13-15)39-14-23(34)31-22-6-4-3-5-19(22)28/h3-13H,2,14H2,1H3,(H,31,34)(H,32,35,37)/b18-11+. The van der Waals surface area contributed by atoms with E-state index in [0.29, 0.717) is 23.1 Å². The lowest BCUT2D eigenvalue weighted by Crippen LogP contribution is -2.54. The van der Waals surface area contributed by atoms with Crippen LogP contribution >= 0.6 is 34.8 Å². The van der Waals surface area contributed by atoms with E-state index < -0.39 is 30.4 Å². The smallest absolute Gasteiger partial charge is 0.335 e. The molecule has 0 aromatic heterocycles. The first-order chi connectivity index (χ1) is 18.7. The number of carbonyl (C=O) groups is 4. The third-order valence-corrected chi connectivity index (χ3v) is 6.23. The van der Waals surface area contributed by atoms with Crippen molar-refractivity contribution in [2.45, 2.75) is 6.92 Å². The molecule has 0 aliphatic carbocycles. The number of hydrogen-bond acceptors (Lipinski definition) is 6. The Bertz CT molecular complexity index is 1470. The number of urea groups is 1. The molecule has 0 saturated carbocycles. The zero-order chi connectivity index (χ0) is 28.1. The maximum absolute atomic E-state index is 13.2. The van der Waals surface area contributed by atoms with Crippen LogP contribution in [0, 0.1) is 0 Å². The average Bonchev–Trinajstić information content (AvgIpc) is 2.88. The Kier molecular flexibility index (Phi) is 8.75. The van der Waals surface area contributed by atoms with E-state index in [1.54, 1.807) is 36.4 Å². The third-order valence-electron chi connectivity index (χ3n) is 5.33. The number of para-hydroxylation sites is 1. The quantitative estimate of drug-likeness (QED) is 0.257. The third kappa shape index (κ3) is 6.51. The Hall–Kier alpha value is -4.05. The first-order valence-corrected chi connectivity index (χ1v) is 12.6. The molecule has 0 bridgehead atoms. The van der Waals surface area contributed by atoms with Crippen molar-refractivity contribution in [3.05, 3.63) is 86.9 Å². The number of barbiturate groups is 1. The van der Waals surface area contributed by atoms with Gasteiger partial charge in [0.25, 0.3) is 17.7 Å². The molecule has 1 heterocycles. The zero-order valence-electron chi connectivity index (χ0n) is 20.3. The van der Waals surface area contributed by atoms with Crippen LogP contribution in [0.1, 0.15) is 12.5 Å². The SMILES string of the molecule is CCOc1ccc(N2C(=O)NC(=O)/C(=C\c3cc(Cl)c(OCC(=O)Nc4ccccc4Cl)c(Cl)c3)C2=O)cc1. The molecular weight excluding hydrogens is 569 g/mol. The van der Waals surface area contributed by atoms with E-state index in [1.165, 1.54) is 30.3 Å². The Morgan fingerprint density at radius 3 is 2.26 bits per heavy atom. The molecule has 200 valence electrons. The highest BCUT2D eigenvalue weighted by molar-refractivity contribution is 6.40. The van der Waals surface area contributed by atoms with E-state index in [1.807, 2.05) is 6.92 Å². The van der Waals surface area contributed by atoms with Crippen molar-refractivity contribution < 1.29 is 28.7 Å². The molecule has 0 atom stereocenters. The summed E-state index contributed by atoms with van der Waals surface area (Å²) in [7, 11) is 0. The van der Waals surface area contributed by atoms with Crippen LogP contribution in [0.5, 0.6) is 11.5 Å². The molecule has 12 heteroatoms. The topological polar surface area (TPSA) is 114 Å². The summed E-state index contributed by atoms with van der Waals surface area (Å²) in [5, 5.41) is 5.19. The Morgan fingerprint density at radius 1 is 0.949 bits per heavy atom. The van der Waals surface area contributed by atoms with E-state index >= 15 is 0 Å². The Morgan fingerprint density at radius 2 is 1.62 bits per heavy atom. The maximum Gasteiger partial charge on any atom is 0.335 e. The lowest BCUT2D eigenvalue weighted by Gasteiger charge is -2.26. The Labute approximate surface area is 238 Å². The molecule has 1 aliphatic heterocycles. The van der Waals surface area contributed by atoms with Crippen molar-refractivity contribution in [2.24, 2.45) is 0 Å². The highest BCUT2D eigenvalue weighted by Crippen LogP contribution is 2.35. The second kappa shape index (κ2) is 12.2. The van der Waals surface area contributed by atoms with Crippen molar-refractivity contribution in [1.29, 1.82) is 0 Å². The molecule has 3 aromatic rings. The molecule has 5 amide bonds. The van der Waals surface area contributed by atoms with Crippen molar-refractivity contribution in [3.63, 3.8) is 0 Å². The summed E-state index contributed by atoms with van der Waals surface area (Å²) in [6.07, 6.45) is 1.25. The number of carbonyl (C=O) groups excluding carboxylic acids is 4. The fourth-order valence-electron chi connectivity index (χ4n) is 3.60. The minimum atomic E-state index is -0.888. The highest BCUT2D eigenvalue weighted by Gasteiger charge is 2.36. The number of anilines is 2. The number of benzene rings is 3. The first-order valence-electron chi connectivity index (χ1n) is 11.5. The molecule has 0 unspecified atom stereocenters. The molecule has 4 rings (SSSR count). The van der Waals surface area contributed by atoms with Gasteiger partial charge in [0.1, 0.15) is 11.3 Å². The number of imide groups is 2. The number of rotatable bonds is 8. The maximum atomic E-state index is 13.2. The van der Waals surface area contributed by atoms with Crippen molar-refractivity contribution in [3.8, 4) is 11.5 Å². The monoisotopic (exact) mass is 587 g/mol. The van der Waals surface area contributed by atoms with Crippen LogP contribution in [-0.2, 0) is 14.4 Å².